The second kappa shape index (κ2) is 5.15. The SMILES string of the molecule is [C-]#[N+][C@@]1(C)CC23C(=O)N(C)C(C)(C(=O)N2C1c1cc(Br)ccc1C)S3=S. The van der Waals surface area contributed by atoms with Crippen LogP contribution in [-0.2, 0) is 30.2 Å². The van der Waals surface area contributed by atoms with E-state index in [2.05, 4.69) is 20.8 Å². The Balaban J connectivity index is 2.02. The van der Waals surface area contributed by atoms with E-state index in [0.717, 1.165) is 15.6 Å². The van der Waals surface area contributed by atoms with E-state index in [-0.39, 0.29) is 18.2 Å². The summed E-state index contributed by atoms with van der Waals surface area (Å²) in [6.45, 7) is 13.5. The number of nitrogens with zero attached hydrogens (tertiary/aromatic N) is 3. The highest BCUT2D eigenvalue weighted by molar-refractivity contribution is 9.10. The first-order chi connectivity index (χ1) is 12.1. The first-order valence-corrected chi connectivity index (χ1v) is 11.2. The minimum atomic E-state index is -1.07. The van der Waals surface area contributed by atoms with Gasteiger partial charge >= 0.3 is 0 Å². The zero-order chi connectivity index (χ0) is 19.2. The van der Waals surface area contributed by atoms with Gasteiger partial charge in [0.1, 0.15) is 6.04 Å². The van der Waals surface area contributed by atoms with Crippen molar-refractivity contribution in [3.8, 4) is 0 Å². The largest absolute Gasteiger partial charge is 0.320 e. The van der Waals surface area contributed by atoms with E-state index in [1.165, 1.54) is 4.90 Å². The van der Waals surface area contributed by atoms with Crippen LogP contribution >= 0.6 is 15.9 Å². The van der Waals surface area contributed by atoms with Gasteiger partial charge in [-0.1, -0.05) is 22.0 Å². The summed E-state index contributed by atoms with van der Waals surface area (Å²) in [7, 11) is 0.751. The third-order valence-corrected chi connectivity index (χ3v) is 10.8. The highest BCUT2D eigenvalue weighted by Crippen LogP contribution is 2.63. The van der Waals surface area contributed by atoms with Crippen molar-refractivity contribution in [2.45, 2.75) is 48.5 Å². The second-order valence-corrected chi connectivity index (χ2v) is 11.5. The van der Waals surface area contributed by atoms with Crippen LogP contribution in [-0.4, -0.2) is 43.9 Å². The Kier molecular flexibility index (Phi) is 3.58. The van der Waals surface area contributed by atoms with E-state index in [4.69, 9.17) is 17.8 Å². The normalized spacial score (nSPS) is 40.9. The van der Waals surface area contributed by atoms with Crippen LogP contribution in [0, 0.1) is 13.5 Å². The molecular weight excluding hydrogens is 434 g/mol. The molecule has 3 aliphatic heterocycles. The second-order valence-electron chi connectivity index (χ2n) is 7.62. The monoisotopic (exact) mass is 451 g/mol. The van der Waals surface area contributed by atoms with E-state index in [1.54, 1.807) is 18.9 Å². The van der Waals surface area contributed by atoms with Gasteiger partial charge in [-0.05, 0) is 57.7 Å². The molecule has 0 radical (unpaired) electrons. The molecule has 26 heavy (non-hydrogen) atoms. The fourth-order valence-electron chi connectivity index (χ4n) is 4.68. The van der Waals surface area contributed by atoms with Crippen molar-refractivity contribution < 1.29 is 9.59 Å². The number of amides is 2. The van der Waals surface area contributed by atoms with Gasteiger partial charge in [0.05, 0.1) is 6.42 Å². The molecule has 3 saturated heterocycles. The zero-order valence-corrected chi connectivity index (χ0v) is 18.1. The minimum Gasteiger partial charge on any atom is -0.320 e. The van der Waals surface area contributed by atoms with Crippen molar-refractivity contribution in [2.75, 3.05) is 7.05 Å². The predicted molar refractivity (Wildman–Crippen MR) is 107 cm³/mol. The van der Waals surface area contributed by atoms with E-state index in [0.29, 0.717) is 0 Å². The molecule has 0 aliphatic carbocycles. The topological polar surface area (TPSA) is 45.0 Å². The smallest absolute Gasteiger partial charge is 0.261 e. The van der Waals surface area contributed by atoms with Crippen LogP contribution in [0.5, 0.6) is 0 Å². The Labute approximate surface area is 168 Å². The molecule has 3 heterocycles. The quantitative estimate of drug-likeness (QED) is 0.616. The highest BCUT2D eigenvalue weighted by atomic mass is 79.9. The van der Waals surface area contributed by atoms with E-state index in [9.17, 15) is 9.59 Å². The summed E-state index contributed by atoms with van der Waals surface area (Å²) in [5.74, 6) is -0.252. The molecule has 136 valence electrons. The molecule has 5 atom stereocenters. The lowest BCUT2D eigenvalue weighted by Crippen LogP contribution is -2.61. The number of halogens is 1. The standard InChI is InChI=1S/C18H18BrN3O2S2/c1-10-6-7-11(19)8-12(10)13-16(2,20-4)9-18-15(24)21(5)17(3,26(18)25)14(23)22(13)18/h6-8,13H,9H2,1-3,5H3/t13?,16-,17?,18?,26?/m0/s1. The molecular formula is C18H18BrN3O2S2. The number of fused-ring (bicyclic) bond motifs is 1. The highest BCUT2D eigenvalue weighted by Gasteiger charge is 2.82. The van der Waals surface area contributed by atoms with Gasteiger partial charge in [-0.15, -0.1) is 0 Å². The van der Waals surface area contributed by atoms with Gasteiger partial charge in [-0.25, -0.2) is 6.57 Å². The summed E-state index contributed by atoms with van der Waals surface area (Å²) < 4.78 is 0.884. The summed E-state index contributed by atoms with van der Waals surface area (Å²) in [6, 6.07) is 5.38. The molecule has 1 spiro atoms. The average molecular weight is 452 g/mol. The molecule has 4 rings (SSSR count). The van der Waals surface area contributed by atoms with Gasteiger partial charge < -0.3 is 14.6 Å². The van der Waals surface area contributed by atoms with E-state index in [1.807, 2.05) is 32.0 Å². The summed E-state index contributed by atoms with van der Waals surface area (Å²) >= 11 is 9.28. The molecule has 2 amide bonds. The Morgan fingerprint density at radius 1 is 1.35 bits per heavy atom. The molecule has 1 aromatic rings. The maximum atomic E-state index is 13.5. The number of hydrogen-bond donors (Lipinski definition) is 0. The maximum Gasteiger partial charge on any atom is 0.261 e. The predicted octanol–water partition coefficient (Wildman–Crippen LogP) is 2.69. The van der Waals surface area contributed by atoms with Crippen molar-refractivity contribution in [2.24, 2.45) is 0 Å². The van der Waals surface area contributed by atoms with Crippen LogP contribution in [0.25, 0.3) is 4.85 Å². The summed E-state index contributed by atoms with van der Waals surface area (Å²) in [5, 5.41) is 0. The van der Waals surface area contributed by atoms with Crippen molar-refractivity contribution in [1.29, 1.82) is 0 Å². The number of rotatable bonds is 1. The average Bonchev–Trinajstić information content (AvgIpc) is 3.03. The fourth-order valence-corrected chi connectivity index (χ4v) is 8.58. The molecule has 3 fully saturated rings. The van der Waals surface area contributed by atoms with Crippen LogP contribution in [0.15, 0.2) is 22.7 Å². The van der Waals surface area contributed by atoms with Crippen LogP contribution in [0.3, 0.4) is 0 Å². The number of piperazine rings is 1. The van der Waals surface area contributed by atoms with Crippen molar-refractivity contribution in [1.82, 2.24) is 9.80 Å². The van der Waals surface area contributed by atoms with Crippen LogP contribution < -0.4 is 0 Å². The van der Waals surface area contributed by atoms with Gasteiger partial charge in [0.15, 0.2) is 9.74 Å². The van der Waals surface area contributed by atoms with Crippen molar-refractivity contribution >= 4 is 48.4 Å². The Morgan fingerprint density at radius 3 is 2.62 bits per heavy atom. The van der Waals surface area contributed by atoms with Crippen LogP contribution in [0.1, 0.15) is 37.4 Å². The maximum absolute atomic E-state index is 13.5. The lowest BCUT2D eigenvalue weighted by atomic mass is 9.85. The van der Waals surface area contributed by atoms with Gasteiger partial charge in [0.2, 0.25) is 0 Å². The molecule has 0 N–H and O–H groups in total. The van der Waals surface area contributed by atoms with E-state index < -0.39 is 30.8 Å². The number of aryl methyl sites for hydroxylation is 1. The third kappa shape index (κ3) is 1.73. The number of carbonyl (C=O) groups excluding carboxylic acids is 2. The lowest BCUT2D eigenvalue weighted by molar-refractivity contribution is -0.159. The van der Waals surface area contributed by atoms with Gasteiger partial charge in [0, 0.05) is 18.4 Å². The number of likely N-dealkylation sites (N-methyl/N-ethyl adjacent to an activating group) is 1. The molecule has 8 heteroatoms. The minimum absolute atomic E-state index is 0.122. The van der Waals surface area contributed by atoms with Crippen molar-refractivity contribution in [3.05, 3.63) is 45.2 Å². The summed E-state index contributed by atoms with van der Waals surface area (Å²) in [4.78, 5) is 31.7. The van der Waals surface area contributed by atoms with Gasteiger partial charge in [-0.3, -0.25) is 9.59 Å². The van der Waals surface area contributed by atoms with E-state index >= 15 is 0 Å². The Morgan fingerprint density at radius 2 is 2.00 bits per heavy atom. The Bertz CT molecular complexity index is 960. The fraction of sp³-hybridized carbons (Fsp3) is 0.500. The van der Waals surface area contributed by atoms with Crippen molar-refractivity contribution in [3.63, 3.8) is 0 Å². The summed E-state index contributed by atoms with van der Waals surface area (Å²) in [5.41, 5.74) is 1.01. The molecule has 3 aliphatic rings. The molecule has 4 unspecified atom stereocenters. The molecule has 1 aromatic carbocycles. The third-order valence-electron chi connectivity index (χ3n) is 6.19. The lowest BCUT2D eigenvalue weighted by Gasteiger charge is -2.39. The first-order valence-electron chi connectivity index (χ1n) is 8.24. The van der Waals surface area contributed by atoms with Crippen LogP contribution in [0.4, 0.5) is 0 Å². The van der Waals surface area contributed by atoms with Gasteiger partial charge in [-0.2, -0.15) is 0 Å². The zero-order valence-electron chi connectivity index (χ0n) is 14.9. The number of hydrogen-bond acceptors (Lipinski definition) is 3. The van der Waals surface area contributed by atoms with Crippen LogP contribution in [0.2, 0.25) is 0 Å². The molecule has 0 saturated carbocycles. The first kappa shape index (κ1) is 18.1. The number of carbonyl (C=O) groups is 2. The molecule has 5 nitrogen and oxygen atoms in total. The molecule has 0 aromatic heterocycles. The number of benzene rings is 1. The summed E-state index contributed by atoms with van der Waals surface area (Å²) in [6.07, 6.45) is 0.289. The Hall–Kier alpha value is -1.30. The van der Waals surface area contributed by atoms with Gasteiger partial charge in [0.25, 0.3) is 17.4 Å². The molecule has 2 bridgehead atoms.